The lowest BCUT2D eigenvalue weighted by molar-refractivity contribution is -0.113. The summed E-state index contributed by atoms with van der Waals surface area (Å²) < 4.78 is 0. The second-order valence-corrected chi connectivity index (χ2v) is 5.54. The molecule has 0 radical (unpaired) electrons. The number of nitrogens with one attached hydrogen (secondary N) is 1. The van der Waals surface area contributed by atoms with Crippen molar-refractivity contribution in [3.8, 4) is 0 Å². The van der Waals surface area contributed by atoms with Crippen LogP contribution in [0.15, 0.2) is 48.6 Å². The van der Waals surface area contributed by atoms with Gasteiger partial charge in [0, 0.05) is 11.8 Å². The minimum absolute atomic E-state index is 0.0365. The predicted molar refractivity (Wildman–Crippen MR) is 95.5 cm³/mol. The molecule has 0 fully saturated rings. The molecule has 0 saturated heterocycles. The summed E-state index contributed by atoms with van der Waals surface area (Å²) in [4.78, 5) is 11.8. The van der Waals surface area contributed by atoms with Crippen LogP contribution in [0, 0.1) is 18.3 Å². The van der Waals surface area contributed by atoms with Gasteiger partial charge in [-0.15, -0.1) is 0 Å². The Hall–Kier alpha value is -2.22. The highest BCUT2D eigenvalue weighted by Crippen LogP contribution is 2.30. The monoisotopic (exact) mass is 295 g/mol. The van der Waals surface area contributed by atoms with Crippen LogP contribution in [0.1, 0.15) is 43.9 Å². The Bertz CT molecular complexity index is 635. The molecule has 1 aromatic carbocycles. The summed E-state index contributed by atoms with van der Waals surface area (Å²) in [5.74, 6) is 0.381. The zero-order chi connectivity index (χ0) is 16.7. The molecular weight excluding hydrogens is 270 g/mol. The molecule has 0 aliphatic carbocycles. The van der Waals surface area contributed by atoms with Crippen LogP contribution in [-0.2, 0) is 4.79 Å². The molecule has 1 aromatic rings. The van der Waals surface area contributed by atoms with E-state index in [0.717, 1.165) is 28.7 Å². The van der Waals surface area contributed by atoms with Crippen LogP contribution in [0.3, 0.4) is 0 Å². The van der Waals surface area contributed by atoms with Crippen molar-refractivity contribution in [2.45, 2.75) is 34.1 Å². The van der Waals surface area contributed by atoms with Gasteiger partial charge in [-0.1, -0.05) is 44.7 Å². The third-order valence-electron chi connectivity index (χ3n) is 3.89. The maximum absolute atomic E-state index is 11.8. The maximum atomic E-state index is 11.8. The minimum Gasteiger partial charge on any atom is -0.308 e. The van der Waals surface area contributed by atoms with Crippen LogP contribution < -0.4 is 0 Å². The van der Waals surface area contributed by atoms with Crippen molar-refractivity contribution in [3.63, 3.8) is 0 Å². The highest BCUT2D eigenvalue weighted by atomic mass is 16.1. The highest BCUT2D eigenvalue weighted by molar-refractivity contribution is 5.98. The molecule has 0 aromatic heterocycles. The summed E-state index contributed by atoms with van der Waals surface area (Å²) >= 11 is 0. The van der Waals surface area contributed by atoms with E-state index >= 15 is 0 Å². The molecule has 0 bridgehead atoms. The smallest absolute Gasteiger partial charge is 0.159 e. The second kappa shape index (κ2) is 8.28. The topological polar surface area (TPSA) is 40.9 Å². The lowest BCUT2D eigenvalue weighted by Gasteiger charge is -2.18. The number of carbonyl (C=O) groups is 1. The third-order valence-corrected chi connectivity index (χ3v) is 3.89. The average molecular weight is 295 g/mol. The van der Waals surface area contributed by atoms with Crippen molar-refractivity contribution in [2.24, 2.45) is 5.92 Å². The van der Waals surface area contributed by atoms with Gasteiger partial charge in [-0.05, 0) is 60.6 Å². The van der Waals surface area contributed by atoms with Crippen molar-refractivity contribution in [3.05, 3.63) is 65.3 Å². The molecule has 0 spiro atoms. The van der Waals surface area contributed by atoms with Crippen LogP contribution in [0.25, 0.3) is 5.57 Å². The van der Waals surface area contributed by atoms with Gasteiger partial charge in [0.2, 0.25) is 0 Å². The summed E-state index contributed by atoms with van der Waals surface area (Å²) in [6.45, 7) is 11.6. The van der Waals surface area contributed by atoms with Gasteiger partial charge < -0.3 is 5.41 Å². The number of benzene rings is 1. The van der Waals surface area contributed by atoms with Gasteiger partial charge in [0.15, 0.2) is 5.78 Å². The Morgan fingerprint density at radius 3 is 2.55 bits per heavy atom. The molecular formula is C20H25NO. The molecule has 0 amide bonds. The van der Waals surface area contributed by atoms with Crippen molar-refractivity contribution in [1.82, 2.24) is 0 Å². The van der Waals surface area contributed by atoms with E-state index in [9.17, 15) is 4.79 Å². The first-order valence-electron chi connectivity index (χ1n) is 7.61. The Morgan fingerprint density at radius 2 is 2.09 bits per heavy atom. The first-order valence-corrected chi connectivity index (χ1v) is 7.61. The van der Waals surface area contributed by atoms with E-state index in [0.29, 0.717) is 11.5 Å². The average Bonchev–Trinajstić information content (AvgIpc) is 2.50. The van der Waals surface area contributed by atoms with Crippen molar-refractivity contribution >= 4 is 17.6 Å². The van der Waals surface area contributed by atoms with Crippen LogP contribution >= 0.6 is 0 Å². The first kappa shape index (κ1) is 17.8. The zero-order valence-corrected chi connectivity index (χ0v) is 13.9. The van der Waals surface area contributed by atoms with Gasteiger partial charge in [-0.25, -0.2) is 0 Å². The molecule has 2 nitrogen and oxygen atoms in total. The van der Waals surface area contributed by atoms with Gasteiger partial charge in [0.25, 0.3) is 0 Å². The lowest BCUT2D eigenvalue weighted by Crippen LogP contribution is -2.03. The number of carbonyl (C=O) groups excluding carboxylic acids is 1. The Morgan fingerprint density at radius 1 is 1.41 bits per heavy atom. The number of Topliss-reactive ketones (excluding diaryl/α,β-unsaturated/α-hetero) is 1. The lowest BCUT2D eigenvalue weighted by atomic mass is 9.87. The molecule has 0 aliphatic rings. The van der Waals surface area contributed by atoms with Gasteiger partial charge in [0.1, 0.15) is 0 Å². The van der Waals surface area contributed by atoms with E-state index < -0.39 is 0 Å². The van der Waals surface area contributed by atoms with Crippen LogP contribution in [-0.4, -0.2) is 12.0 Å². The predicted octanol–water partition coefficient (Wildman–Crippen LogP) is 5.12. The van der Waals surface area contributed by atoms with E-state index in [1.165, 1.54) is 6.21 Å². The van der Waals surface area contributed by atoms with Crippen LogP contribution in [0.5, 0.6) is 0 Å². The quantitative estimate of drug-likeness (QED) is 0.423. The molecule has 1 rings (SSSR count). The number of hydrogen-bond donors (Lipinski definition) is 1. The summed E-state index contributed by atoms with van der Waals surface area (Å²) in [5.41, 5.74) is 4.96. The number of aryl methyl sites for hydroxylation is 1. The Labute approximate surface area is 133 Å². The van der Waals surface area contributed by atoms with Crippen molar-refractivity contribution in [2.75, 3.05) is 0 Å². The molecule has 0 saturated carbocycles. The maximum Gasteiger partial charge on any atom is 0.159 e. The molecule has 1 N–H and O–H groups in total. The SMILES string of the molecule is C=C/C=C(\C=C(\c1ccc(C=N)cc1C)C(C)CC)C(C)=O. The molecule has 1 unspecified atom stereocenters. The Balaban J connectivity index is 3.47. The van der Waals surface area contributed by atoms with Crippen LogP contribution in [0.4, 0.5) is 0 Å². The first-order chi connectivity index (χ1) is 10.4. The molecule has 22 heavy (non-hydrogen) atoms. The van der Waals surface area contributed by atoms with Gasteiger partial charge in [-0.3, -0.25) is 4.79 Å². The molecule has 0 heterocycles. The van der Waals surface area contributed by atoms with E-state index in [1.807, 2.05) is 31.2 Å². The van der Waals surface area contributed by atoms with Gasteiger partial charge in [-0.2, -0.15) is 0 Å². The summed E-state index contributed by atoms with van der Waals surface area (Å²) in [5, 5.41) is 7.36. The second-order valence-electron chi connectivity index (χ2n) is 5.54. The highest BCUT2D eigenvalue weighted by Gasteiger charge is 2.14. The molecule has 2 heteroatoms. The third kappa shape index (κ3) is 4.39. The fourth-order valence-electron chi connectivity index (χ4n) is 2.37. The summed E-state index contributed by atoms with van der Waals surface area (Å²) in [6, 6.07) is 5.98. The van der Waals surface area contributed by atoms with E-state index in [-0.39, 0.29) is 5.78 Å². The Kier molecular flexibility index (Phi) is 6.71. The zero-order valence-electron chi connectivity index (χ0n) is 13.9. The van der Waals surface area contributed by atoms with E-state index in [1.54, 1.807) is 19.1 Å². The van der Waals surface area contributed by atoms with Crippen LogP contribution in [0.2, 0.25) is 0 Å². The normalized spacial score (nSPS) is 13.6. The van der Waals surface area contributed by atoms with E-state index in [4.69, 9.17) is 5.41 Å². The van der Waals surface area contributed by atoms with Gasteiger partial charge in [0.05, 0.1) is 0 Å². The number of hydrogen-bond acceptors (Lipinski definition) is 2. The minimum atomic E-state index is 0.0365. The fraction of sp³-hybridized carbons (Fsp3) is 0.300. The number of ketones is 1. The van der Waals surface area contributed by atoms with Crippen molar-refractivity contribution in [1.29, 1.82) is 5.41 Å². The summed E-state index contributed by atoms with van der Waals surface area (Å²) in [7, 11) is 0. The molecule has 116 valence electrons. The fourth-order valence-corrected chi connectivity index (χ4v) is 2.37. The number of rotatable bonds is 7. The molecule has 0 aliphatic heterocycles. The largest absolute Gasteiger partial charge is 0.308 e. The summed E-state index contributed by atoms with van der Waals surface area (Å²) in [6.07, 6.45) is 7.72. The molecule has 1 atom stereocenters. The van der Waals surface area contributed by atoms with Crippen molar-refractivity contribution < 1.29 is 4.79 Å². The number of allylic oxidation sites excluding steroid dienone is 5. The van der Waals surface area contributed by atoms with E-state index in [2.05, 4.69) is 20.4 Å². The standard InChI is InChI=1S/C20H25NO/c1-6-8-18(16(5)22)12-20(14(3)7-2)19-10-9-17(13-21)11-15(19)4/h6,8-14,21H,1,7H2,2-5H3/b18-8+,20-12+,21-13?. The van der Waals surface area contributed by atoms with Gasteiger partial charge >= 0.3 is 0 Å².